The number of halogens is 1. The van der Waals surface area contributed by atoms with Gasteiger partial charge in [-0.1, -0.05) is 0 Å². The van der Waals surface area contributed by atoms with E-state index in [-0.39, 0.29) is 29.5 Å². The fourth-order valence-electron chi connectivity index (χ4n) is 1.36. The first-order valence-corrected chi connectivity index (χ1v) is 3.51. The van der Waals surface area contributed by atoms with Crippen LogP contribution in [0, 0.1) is 0 Å². The second-order valence-electron chi connectivity index (χ2n) is 3.18. The Hall–Kier alpha value is 0.650. The molecule has 0 saturated carbocycles. The smallest absolute Gasteiger partial charge is 0.0612 e. The van der Waals surface area contributed by atoms with Crippen LogP contribution < -0.4 is 0 Å². The fraction of sp³-hybridized carbons (Fsp3) is 1.00. The third kappa shape index (κ3) is 1.83. The maximum atomic E-state index is 8.95. The summed E-state index contributed by atoms with van der Waals surface area (Å²) in [5.41, 5.74) is 0.0833. The summed E-state index contributed by atoms with van der Waals surface area (Å²) in [5.74, 6) is 0. The number of rotatable bonds is 1. The first kappa shape index (κ1) is 10.7. The molecule has 0 bridgehead atoms. The molecule has 0 radical (unpaired) electrons. The molecule has 1 rings (SSSR count). The lowest BCUT2D eigenvalue weighted by Gasteiger charge is -2.29. The summed E-state index contributed by atoms with van der Waals surface area (Å²) in [6.45, 7) is 3.54. The predicted molar refractivity (Wildman–Crippen MR) is 52.8 cm³/mol. The monoisotopic (exact) mass is 257 g/mol. The minimum absolute atomic E-state index is 0. The molecule has 1 N–H and O–H groups in total. The quantitative estimate of drug-likeness (QED) is 0.710. The van der Waals surface area contributed by atoms with Crippen molar-refractivity contribution in [2.45, 2.75) is 25.3 Å². The molecule has 1 heterocycles. The molecule has 1 aliphatic heterocycles. The van der Waals surface area contributed by atoms with Crippen molar-refractivity contribution < 1.29 is 5.11 Å². The molecule has 1 atom stereocenters. The average Bonchev–Trinajstić information content (AvgIpc) is 2.15. The fourth-order valence-corrected chi connectivity index (χ4v) is 1.36. The van der Waals surface area contributed by atoms with Crippen LogP contribution in [0.1, 0.15) is 19.8 Å². The summed E-state index contributed by atoms with van der Waals surface area (Å²) in [6.07, 6.45) is 2.37. The Labute approximate surface area is 79.6 Å². The zero-order chi connectivity index (χ0) is 6.91. The maximum Gasteiger partial charge on any atom is 0.0612 e. The average molecular weight is 257 g/mol. The van der Waals surface area contributed by atoms with E-state index in [1.165, 1.54) is 6.42 Å². The van der Waals surface area contributed by atoms with Crippen molar-refractivity contribution in [2.75, 3.05) is 20.2 Å². The maximum absolute atomic E-state index is 8.95. The lowest BCUT2D eigenvalue weighted by molar-refractivity contribution is 0.100. The summed E-state index contributed by atoms with van der Waals surface area (Å²) in [5, 5.41) is 8.95. The van der Waals surface area contributed by atoms with Crippen LogP contribution in [-0.2, 0) is 0 Å². The van der Waals surface area contributed by atoms with Crippen LogP contribution in [0.25, 0.3) is 0 Å². The van der Waals surface area contributed by atoms with Gasteiger partial charge in [0.15, 0.2) is 0 Å². The van der Waals surface area contributed by atoms with Crippen molar-refractivity contribution in [2.24, 2.45) is 0 Å². The van der Waals surface area contributed by atoms with Crippen molar-refractivity contribution in [3.05, 3.63) is 0 Å². The summed E-state index contributed by atoms with van der Waals surface area (Å²) >= 11 is 0. The summed E-state index contributed by atoms with van der Waals surface area (Å²) in [6, 6.07) is 0. The van der Waals surface area contributed by atoms with Crippen LogP contribution in [0.2, 0.25) is 0 Å². The molecule has 62 valence electrons. The molecular weight excluding hydrogens is 241 g/mol. The van der Waals surface area contributed by atoms with Crippen molar-refractivity contribution in [1.82, 2.24) is 4.90 Å². The van der Waals surface area contributed by atoms with Crippen molar-refractivity contribution in [3.8, 4) is 0 Å². The first-order chi connectivity index (χ1) is 4.19. The van der Waals surface area contributed by atoms with Gasteiger partial charge in [0.05, 0.1) is 6.61 Å². The van der Waals surface area contributed by atoms with E-state index in [4.69, 9.17) is 5.11 Å². The van der Waals surface area contributed by atoms with Crippen LogP contribution >= 0.6 is 24.0 Å². The molecule has 1 unspecified atom stereocenters. The highest BCUT2D eigenvalue weighted by Crippen LogP contribution is 2.25. The molecule has 2 nitrogen and oxygen atoms in total. The van der Waals surface area contributed by atoms with E-state index < -0.39 is 0 Å². The van der Waals surface area contributed by atoms with E-state index in [1.807, 2.05) is 0 Å². The van der Waals surface area contributed by atoms with Gasteiger partial charge in [0.25, 0.3) is 0 Å². The number of likely N-dealkylation sites (N-methyl/N-ethyl adjacent to an activating group) is 1. The summed E-state index contributed by atoms with van der Waals surface area (Å²) in [7, 11) is 2.07. The van der Waals surface area contributed by atoms with E-state index in [9.17, 15) is 0 Å². The SMILES string of the molecule is CN1CCCC1(C)CO.I. The number of nitrogens with zero attached hydrogens (tertiary/aromatic N) is 1. The van der Waals surface area contributed by atoms with Gasteiger partial charge < -0.3 is 5.11 Å². The first-order valence-electron chi connectivity index (χ1n) is 3.51. The molecule has 0 spiro atoms. The predicted octanol–water partition coefficient (Wildman–Crippen LogP) is 1.08. The van der Waals surface area contributed by atoms with Gasteiger partial charge in [0, 0.05) is 5.54 Å². The van der Waals surface area contributed by atoms with Gasteiger partial charge in [-0.15, -0.1) is 24.0 Å². The number of aliphatic hydroxyl groups excluding tert-OH is 1. The molecule has 10 heavy (non-hydrogen) atoms. The third-order valence-electron chi connectivity index (χ3n) is 2.47. The Bertz CT molecular complexity index is 110. The molecule has 0 aromatic heterocycles. The number of hydrogen-bond acceptors (Lipinski definition) is 2. The van der Waals surface area contributed by atoms with Crippen LogP contribution in [-0.4, -0.2) is 35.7 Å². The van der Waals surface area contributed by atoms with E-state index in [1.54, 1.807) is 0 Å². The minimum atomic E-state index is 0. The van der Waals surface area contributed by atoms with E-state index in [2.05, 4.69) is 18.9 Å². The van der Waals surface area contributed by atoms with Crippen molar-refractivity contribution in [1.29, 1.82) is 0 Å². The summed E-state index contributed by atoms with van der Waals surface area (Å²) in [4.78, 5) is 2.23. The van der Waals surface area contributed by atoms with Gasteiger partial charge in [-0.05, 0) is 33.4 Å². The Morgan fingerprint density at radius 3 is 2.40 bits per heavy atom. The van der Waals surface area contributed by atoms with Gasteiger partial charge >= 0.3 is 0 Å². The standard InChI is InChI=1S/C7H15NO.HI/c1-7(6-9)4-3-5-8(7)2;/h9H,3-6H2,1-2H3;1H. The van der Waals surface area contributed by atoms with Gasteiger partial charge in [-0.25, -0.2) is 0 Å². The lowest BCUT2D eigenvalue weighted by atomic mass is 10.0. The molecule has 0 aromatic rings. The number of hydrogen-bond donors (Lipinski definition) is 1. The second-order valence-corrected chi connectivity index (χ2v) is 3.18. The van der Waals surface area contributed by atoms with Crippen LogP contribution in [0.5, 0.6) is 0 Å². The molecule has 0 aromatic carbocycles. The largest absolute Gasteiger partial charge is 0.394 e. The summed E-state index contributed by atoms with van der Waals surface area (Å²) < 4.78 is 0. The van der Waals surface area contributed by atoms with Crippen LogP contribution in [0.15, 0.2) is 0 Å². The van der Waals surface area contributed by atoms with E-state index >= 15 is 0 Å². The van der Waals surface area contributed by atoms with Gasteiger partial charge in [0.2, 0.25) is 0 Å². The van der Waals surface area contributed by atoms with Crippen LogP contribution in [0.4, 0.5) is 0 Å². The molecular formula is C7H16INO. The highest BCUT2D eigenvalue weighted by atomic mass is 127. The highest BCUT2D eigenvalue weighted by Gasteiger charge is 2.32. The van der Waals surface area contributed by atoms with Gasteiger partial charge in [0.1, 0.15) is 0 Å². The Morgan fingerprint density at radius 2 is 2.20 bits per heavy atom. The Balaban J connectivity index is 0.000000810. The van der Waals surface area contributed by atoms with Crippen LogP contribution in [0.3, 0.4) is 0 Å². The zero-order valence-corrected chi connectivity index (χ0v) is 8.96. The molecule has 1 fully saturated rings. The highest BCUT2D eigenvalue weighted by molar-refractivity contribution is 14.0. The second kappa shape index (κ2) is 3.88. The normalized spacial score (nSPS) is 33.9. The topological polar surface area (TPSA) is 23.5 Å². The number of likely N-dealkylation sites (tertiary alicyclic amines) is 1. The van der Waals surface area contributed by atoms with E-state index in [0.29, 0.717) is 6.61 Å². The van der Waals surface area contributed by atoms with Crippen molar-refractivity contribution in [3.63, 3.8) is 0 Å². The number of aliphatic hydroxyl groups is 1. The molecule has 0 aliphatic carbocycles. The van der Waals surface area contributed by atoms with Crippen molar-refractivity contribution >= 4 is 24.0 Å². The third-order valence-corrected chi connectivity index (χ3v) is 2.47. The van der Waals surface area contributed by atoms with Gasteiger partial charge in [-0.3, -0.25) is 4.90 Å². The molecule has 1 aliphatic rings. The zero-order valence-electron chi connectivity index (χ0n) is 6.63. The molecule has 0 amide bonds. The lowest BCUT2D eigenvalue weighted by Crippen LogP contribution is -2.41. The van der Waals surface area contributed by atoms with Gasteiger partial charge in [-0.2, -0.15) is 0 Å². The Morgan fingerprint density at radius 1 is 1.60 bits per heavy atom. The Kier molecular flexibility index (Phi) is 4.13. The molecule has 1 saturated heterocycles. The minimum Gasteiger partial charge on any atom is -0.394 e. The van der Waals surface area contributed by atoms with E-state index in [0.717, 1.165) is 13.0 Å². The molecule has 3 heteroatoms.